The van der Waals surface area contributed by atoms with Gasteiger partial charge in [0.05, 0.1) is 18.0 Å². The second-order valence-corrected chi connectivity index (χ2v) is 5.89. The molecule has 3 aromatic rings. The molecule has 0 unspecified atom stereocenters. The Hall–Kier alpha value is -3.67. The summed E-state index contributed by atoms with van der Waals surface area (Å²) >= 11 is 0. The molecule has 0 aromatic heterocycles. The number of anilines is 2. The van der Waals surface area contributed by atoms with E-state index in [1.165, 1.54) is 36.4 Å². The molecule has 6 heteroatoms. The predicted molar refractivity (Wildman–Crippen MR) is 106 cm³/mol. The number of hydrogen-bond donors (Lipinski definition) is 2. The molecule has 2 amide bonds. The Kier molecular flexibility index (Phi) is 6.01. The van der Waals surface area contributed by atoms with Crippen molar-refractivity contribution in [2.45, 2.75) is 6.92 Å². The summed E-state index contributed by atoms with van der Waals surface area (Å²) in [6.45, 7) is 2.35. The van der Waals surface area contributed by atoms with Gasteiger partial charge in [-0.05, 0) is 55.5 Å². The minimum atomic E-state index is -0.514. The Morgan fingerprint density at radius 2 is 1.29 bits per heavy atom. The molecule has 0 saturated carbocycles. The molecular weight excluding hydrogens is 359 g/mol. The fraction of sp³-hybridized carbons (Fsp3) is 0.0909. The normalized spacial score (nSPS) is 10.2. The van der Waals surface area contributed by atoms with E-state index in [4.69, 9.17) is 4.74 Å². The summed E-state index contributed by atoms with van der Waals surface area (Å²) in [6, 6.07) is 19.2. The first-order valence-corrected chi connectivity index (χ1v) is 8.77. The van der Waals surface area contributed by atoms with Gasteiger partial charge in [0.25, 0.3) is 11.8 Å². The van der Waals surface area contributed by atoms with Crippen LogP contribution in [0.2, 0.25) is 0 Å². The highest BCUT2D eigenvalue weighted by Gasteiger charge is 2.12. The summed E-state index contributed by atoms with van der Waals surface area (Å²) < 4.78 is 19.1. The average molecular weight is 378 g/mol. The third-order valence-electron chi connectivity index (χ3n) is 3.97. The van der Waals surface area contributed by atoms with Gasteiger partial charge in [0.15, 0.2) is 0 Å². The van der Waals surface area contributed by atoms with Gasteiger partial charge in [0.1, 0.15) is 11.6 Å². The highest BCUT2D eigenvalue weighted by Crippen LogP contribution is 2.24. The Morgan fingerprint density at radius 3 is 1.86 bits per heavy atom. The topological polar surface area (TPSA) is 67.4 Å². The van der Waals surface area contributed by atoms with E-state index >= 15 is 0 Å². The van der Waals surface area contributed by atoms with E-state index in [1.807, 2.05) is 13.0 Å². The van der Waals surface area contributed by atoms with E-state index in [0.29, 0.717) is 29.2 Å². The van der Waals surface area contributed by atoms with E-state index in [9.17, 15) is 14.0 Å². The first-order chi connectivity index (χ1) is 13.6. The van der Waals surface area contributed by atoms with Gasteiger partial charge < -0.3 is 15.4 Å². The smallest absolute Gasteiger partial charge is 0.255 e. The van der Waals surface area contributed by atoms with Gasteiger partial charge in [0.2, 0.25) is 0 Å². The quantitative estimate of drug-likeness (QED) is 0.652. The van der Waals surface area contributed by atoms with Crippen molar-refractivity contribution in [2.75, 3.05) is 17.2 Å². The molecule has 0 heterocycles. The zero-order valence-corrected chi connectivity index (χ0v) is 15.2. The lowest BCUT2D eigenvalue weighted by Crippen LogP contribution is -2.15. The number of carbonyl (C=O) groups is 2. The molecule has 0 atom stereocenters. The minimum absolute atomic E-state index is 0.0989. The number of nitrogens with one attached hydrogen (secondary N) is 2. The first kappa shape index (κ1) is 19.1. The van der Waals surface area contributed by atoms with Crippen molar-refractivity contribution in [3.8, 4) is 5.75 Å². The van der Waals surface area contributed by atoms with Crippen molar-refractivity contribution in [3.05, 3.63) is 89.7 Å². The van der Waals surface area contributed by atoms with Crippen LogP contribution in [-0.2, 0) is 0 Å². The van der Waals surface area contributed by atoms with Gasteiger partial charge in [-0.2, -0.15) is 0 Å². The van der Waals surface area contributed by atoms with Crippen molar-refractivity contribution in [1.29, 1.82) is 0 Å². The molecule has 142 valence electrons. The van der Waals surface area contributed by atoms with E-state index in [0.717, 1.165) is 0 Å². The van der Waals surface area contributed by atoms with Crippen LogP contribution in [0.1, 0.15) is 27.6 Å². The maximum Gasteiger partial charge on any atom is 0.255 e. The molecule has 0 fully saturated rings. The van der Waals surface area contributed by atoms with Crippen LogP contribution in [0.4, 0.5) is 15.8 Å². The van der Waals surface area contributed by atoms with Crippen LogP contribution in [0.25, 0.3) is 0 Å². The Bertz CT molecular complexity index is 987. The second-order valence-electron chi connectivity index (χ2n) is 5.89. The summed E-state index contributed by atoms with van der Waals surface area (Å²) in [5.41, 5.74) is 1.36. The molecule has 0 bridgehead atoms. The molecule has 3 aromatic carbocycles. The van der Waals surface area contributed by atoms with Gasteiger partial charge in [-0.1, -0.05) is 24.3 Å². The molecule has 0 radical (unpaired) electrons. The number of amides is 2. The third-order valence-corrected chi connectivity index (χ3v) is 3.97. The summed E-state index contributed by atoms with van der Waals surface area (Å²) in [4.78, 5) is 24.7. The fourth-order valence-electron chi connectivity index (χ4n) is 2.58. The van der Waals surface area contributed by atoms with Crippen LogP contribution in [0.3, 0.4) is 0 Å². The van der Waals surface area contributed by atoms with Crippen molar-refractivity contribution in [1.82, 2.24) is 0 Å². The number of halogens is 1. The molecule has 0 spiro atoms. The summed E-state index contributed by atoms with van der Waals surface area (Å²) in [7, 11) is 0. The number of ether oxygens (including phenoxy) is 1. The van der Waals surface area contributed by atoms with E-state index in [2.05, 4.69) is 10.6 Å². The molecule has 3 rings (SSSR count). The van der Waals surface area contributed by atoms with Crippen LogP contribution in [0.5, 0.6) is 5.75 Å². The van der Waals surface area contributed by atoms with Crippen LogP contribution in [-0.4, -0.2) is 18.4 Å². The molecule has 0 aliphatic carbocycles. The minimum Gasteiger partial charge on any atom is -0.492 e. The number of rotatable bonds is 6. The number of carbonyl (C=O) groups excluding carboxylic acids is 2. The van der Waals surface area contributed by atoms with E-state index < -0.39 is 11.7 Å². The van der Waals surface area contributed by atoms with Crippen LogP contribution >= 0.6 is 0 Å². The number of hydrogen-bond acceptors (Lipinski definition) is 3. The second kappa shape index (κ2) is 8.81. The van der Waals surface area contributed by atoms with Gasteiger partial charge in [-0.25, -0.2) is 4.39 Å². The monoisotopic (exact) mass is 378 g/mol. The summed E-state index contributed by atoms with van der Waals surface area (Å²) in [6.07, 6.45) is 0. The summed E-state index contributed by atoms with van der Waals surface area (Å²) in [5.74, 6) is -0.717. The molecule has 0 saturated heterocycles. The lowest BCUT2D eigenvalue weighted by Gasteiger charge is -2.11. The third kappa shape index (κ3) is 4.54. The first-order valence-electron chi connectivity index (χ1n) is 8.77. The zero-order valence-electron chi connectivity index (χ0n) is 15.2. The number of benzene rings is 3. The molecule has 5 nitrogen and oxygen atoms in total. The standard InChI is InChI=1S/C22H19FN2O3/c1-2-28-20-10-6-5-9-19(20)25-22(27)16-13-11-15(12-14-16)21(26)24-18-8-4-3-7-17(18)23/h3-14H,2H2,1H3,(H,24,26)(H,25,27). The highest BCUT2D eigenvalue weighted by molar-refractivity contribution is 6.07. The van der Waals surface area contributed by atoms with Crippen molar-refractivity contribution >= 4 is 23.2 Å². The fourth-order valence-corrected chi connectivity index (χ4v) is 2.58. The molecule has 0 aliphatic heterocycles. The maximum absolute atomic E-state index is 13.7. The molecule has 0 aliphatic rings. The average Bonchev–Trinajstić information content (AvgIpc) is 2.71. The maximum atomic E-state index is 13.7. The van der Waals surface area contributed by atoms with Crippen molar-refractivity contribution in [2.24, 2.45) is 0 Å². The van der Waals surface area contributed by atoms with Gasteiger partial charge in [0, 0.05) is 11.1 Å². The zero-order chi connectivity index (χ0) is 19.9. The summed E-state index contributed by atoms with van der Waals surface area (Å²) in [5, 5.41) is 5.30. The van der Waals surface area contributed by atoms with Crippen molar-refractivity contribution in [3.63, 3.8) is 0 Å². The van der Waals surface area contributed by atoms with Crippen LogP contribution < -0.4 is 15.4 Å². The SMILES string of the molecule is CCOc1ccccc1NC(=O)c1ccc(C(=O)Nc2ccccc2F)cc1. The van der Waals surface area contributed by atoms with Crippen LogP contribution in [0, 0.1) is 5.82 Å². The van der Waals surface area contributed by atoms with E-state index in [-0.39, 0.29) is 11.6 Å². The Labute approximate surface area is 162 Å². The van der Waals surface area contributed by atoms with Gasteiger partial charge in [-0.15, -0.1) is 0 Å². The van der Waals surface area contributed by atoms with Gasteiger partial charge in [-0.3, -0.25) is 9.59 Å². The van der Waals surface area contributed by atoms with Gasteiger partial charge >= 0.3 is 0 Å². The number of para-hydroxylation sites is 3. The predicted octanol–water partition coefficient (Wildman–Crippen LogP) is 4.73. The Morgan fingerprint density at radius 1 is 0.786 bits per heavy atom. The van der Waals surface area contributed by atoms with E-state index in [1.54, 1.807) is 30.3 Å². The van der Waals surface area contributed by atoms with Crippen LogP contribution in [0.15, 0.2) is 72.8 Å². The lowest BCUT2D eigenvalue weighted by molar-refractivity contribution is 0.101. The Balaban J connectivity index is 1.69. The lowest BCUT2D eigenvalue weighted by atomic mass is 10.1. The molecular formula is C22H19FN2O3. The highest BCUT2D eigenvalue weighted by atomic mass is 19.1. The molecule has 2 N–H and O–H groups in total. The van der Waals surface area contributed by atoms with Crippen molar-refractivity contribution < 1.29 is 18.7 Å². The largest absolute Gasteiger partial charge is 0.492 e. The molecule has 28 heavy (non-hydrogen) atoms.